The molecule has 30 heavy (non-hydrogen) atoms. The van der Waals surface area contributed by atoms with E-state index in [1.165, 1.54) is 11.1 Å². The van der Waals surface area contributed by atoms with Crippen LogP contribution in [0.25, 0.3) is 10.8 Å². The number of imide groups is 1. The van der Waals surface area contributed by atoms with Gasteiger partial charge in [0, 0.05) is 42.1 Å². The van der Waals surface area contributed by atoms with E-state index in [1.54, 1.807) is 36.5 Å². The molecule has 4 N–H and O–H groups in total. The van der Waals surface area contributed by atoms with Gasteiger partial charge in [0.2, 0.25) is 5.91 Å². The van der Waals surface area contributed by atoms with Gasteiger partial charge in [0.25, 0.3) is 11.8 Å². The van der Waals surface area contributed by atoms with Gasteiger partial charge in [-0.15, -0.1) is 0 Å². The zero-order chi connectivity index (χ0) is 21.8. The number of hydrogen-bond donors (Lipinski definition) is 2. The molecule has 0 unspecified atom stereocenters. The van der Waals surface area contributed by atoms with Crippen LogP contribution in [0.3, 0.4) is 0 Å². The third kappa shape index (κ3) is 4.28. The first-order valence-electron chi connectivity index (χ1n) is 9.32. The van der Waals surface area contributed by atoms with Crippen molar-refractivity contribution in [2.45, 2.75) is 0 Å². The van der Waals surface area contributed by atoms with Gasteiger partial charge in [-0.05, 0) is 49.8 Å². The number of primary amides is 1. The van der Waals surface area contributed by atoms with Gasteiger partial charge in [-0.3, -0.25) is 24.3 Å². The van der Waals surface area contributed by atoms with Crippen molar-refractivity contribution < 1.29 is 14.4 Å². The van der Waals surface area contributed by atoms with Crippen molar-refractivity contribution in [3.05, 3.63) is 71.5 Å². The third-order valence-corrected chi connectivity index (χ3v) is 4.67. The van der Waals surface area contributed by atoms with Crippen molar-refractivity contribution in [1.29, 1.82) is 0 Å². The fraction of sp³-hybridized carbons (Fsp3) is 0.182. The molecular weight excluding hydrogens is 382 g/mol. The molecule has 1 aliphatic heterocycles. The molecule has 0 fully saturated rings. The highest BCUT2D eigenvalue weighted by Crippen LogP contribution is 2.31. The molecule has 4 rings (SSSR count). The maximum absolute atomic E-state index is 12.6. The number of likely N-dealkylation sites (N-methyl/N-ethyl adjacent to an activating group) is 1. The number of carbonyl (C=O) groups is 3. The second-order valence-corrected chi connectivity index (χ2v) is 7.14. The number of pyridine rings is 1. The molecule has 154 valence electrons. The molecule has 2 aromatic carbocycles. The van der Waals surface area contributed by atoms with Crippen molar-refractivity contribution in [3.8, 4) is 0 Å². The van der Waals surface area contributed by atoms with E-state index >= 15 is 0 Å². The lowest BCUT2D eigenvalue weighted by atomic mass is 9.93. The number of nitrogens with two attached hydrogens (primary N) is 2. The van der Waals surface area contributed by atoms with Crippen molar-refractivity contribution >= 4 is 34.2 Å². The first-order valence-corrected chi connectivity index (χ1v) is 9.32. The summed E-state index contributed by atoms with van der Waals surface area (Å²) in [4.78, 5) is 42.5. The Morgan fingerprint density at radius 1 is 1.07 bits per heavy atom. The van der Waals surface area contributed by atoms with Gasteiger partial charge in [0.1, 0.15) is 0 Å². The molecule has 0 radical (unpaired) electrons. The molecule has 0 spiro atoms. The first-order chi connectivity index (χ1) is 14.3. The smallest absolute Gasteiger partial charge is 0.261 e. The predicted molar refractivity (Wildman–Crippen MR) is 115 cm³/mol. The molecule has 3 amide bonds. The number of amides is 3. The Bertz CT molecular complexity index is 1110. The summed E-state index contributed by atoms with van der Waals surface area (Å²) in [5.41, 5.74) is 12.9. The molecule has 0 atom stereocenters. The van der Waals surface area contributed by atoms with E-state index in [-0.39, 0.29) is 11.8 Å². The van der Waals surface area contributed by atoms with Gasteiger partial charge in [0.05, 0.1) is 11.1 Å². The fourth-order valence-corrected chi connectivity index (χ4v) is 3.19. The number of nitrogens with zero attached hydrogens (tertiary/aromatic N) is 3. The van der Waals surface area contributed by atoms with Crippen molar-refractivity contribution in [3.63, 3.8) is 0 Å². The van der Waals surface area contributed by atoms with Crippen LogP contribution >= 0.6 is 0 Å². The number of carbonyl (C=O) groups excluding carboxylic acids is 3. The average molecular weight is 405 g/mol. The molecule has 0 bridgehead atoms. The van der Waals surface area contributed by atoms with Crippen molar-refractivity contribution in [1.82, 2.24) is 14.8 Å². The summed E-state index contributed by atoms with van der Waals surface area (Å²) in [5, 5.41) is 1.54. The number of benzene rings is 2. The zero-order valence-corrected chi connectivity index (χ0v) is 16.8. The summed E-state index contributed by atoms with van der Waals surface area (Å²) in [5.74, 6) is -0.939. The number of anilines is 1. The van der Waals surface area contributed by atoms with Crippen LogP contribution in [0.15, 0.2) is 54.9 Å². The molecular formula is C22H23N5O3. The standard InChI is InChI=1S/C16H17N3O2.C6H6N2O/c1-18(2)6-7-19-15(20)12-5-3-4-10-8-11(17)9-13(14(10)12)16(19)21;7-6(9)5-2-1-3-8-4-5/h3-5,8-9H,6-7,17H2,1-2H3;1-4H,(H2,7,9). The molecule has 2 heterocycles. The molecule has 0 saturated heterocycles. The summed E-state index contributed by atoms with van der Waals surface area (Å²) >= 11 is 0. The maximum Gasteiger partial charge on any atom is 0.261 e. The molecule has 1 aromatic heterocycles. The van der Waals surface area contributed by atoms with E-state index in [2.05, 4.69) is 4.98 Å². The second kappa shape index (κ2) is 8.71. The van der Waals surface area contributed by atoms with Crippen LogP contribution in [0.5, 0.6) is 0 Å². The van der Waals surface area contributed by atoms with E-state index < -0.39 is 5.91 Å². The highest BCUT2D eigenvalue weighted by atomic mass is 16.2. The SMILES string of the molecule is CN(C)CCN1C(=O)c2cccc3cc(N)cc(c23)C1=O.NC(=O)c1cccnc1. The van der Waals surface area contributed by atoms with Gasteiger partial charge < -0.3 is 16.4 Å². The van der Waals surface area contributed by atoms with Crippen molar-refractivity contribution in [2.24, 2.45) is 5.73 Å². The van der Waals surface area contributed by atoms with Gasteiger partial charge in [-0.25, -0.2) is 0 Å². The Morgan fingerprint density at radius 3 is 2.40 bits per heavy atom. The van der Waals surface area contributed by atoms with Crippen LogP contribution in [0.2, 0.25) is 0 Å². The normalized spacial score (nSPS) is 12.7. The Labute approximate surface area is 174 Å². The third-order valence-electron chi connectivity index (χ3n) is 4.67. The van der Waals surface area contributed by atoms with Crippen LogP contribution in [-0.4, -0.2) is 59.7 Å². The van der Waals surface area contributed by atoms with Crippen LogP contribution in [-0.2, 0) is 0 Å². The lowest BCUT2D eigenvalue weighted by molar-refractivity contribution is 0.0601. The minimum Gasteiger partial charge on any atom is -0.399 e. The number of hydrogen-bond acceptors (Lipinski definition) is 6. The Morgan fingerprint density at radius 2 is 1.80 bits per heavy atom. The second-order valence-electron chi connectivity index (χ2n) is 7.14. The molecule has 8 nitrogen and oxygen atoms in total. The van der Waals surface area contributed by atoms with E-state index in [0.717, 1.165) is 5.39 Å². The average Bonchev–Trinajstić information content (AvgIpc) is 2.72. The van der Waals surface area contributed by atoms with Crippen LogP contribution in [0.1, 0.15) is 31.1 Å². The van der Waals surface area contributed by atoms with Crippen LogP contribution in [0, 0.1) is 0 Å². The topological polar surface area (TPSA) is 123 Å². The number of nitrogen functional groups attached to an aromatic ring is 1. The first kappa shape index (κ1) is 20.9. The summed E-state index contributed by atoms with van der Waals surface area (Å²) in [6.07, 6.45) is 3.02. The predicted octanol–water partition coefficient (Wildman–Crippen LogP) is 1.76. The minimum absolute atomic E-state index is 0.232. The molecule has 0 saturated carbocycles. The lowest BCUT2D eigenvalue weighted by Gasteiger charge is -2.28. The van der Waals surface area contributed by atoms with Crippen LogP contribution < -0.4 is 11.5 Å². The van der Waals surface area contributed by atoms with Gasteiger partial charge in [-0.2, -0.15) is 0 Å². The quantitative estimate of drug-likeness (QED) is 0.504. The molecule has 8 heteroatoms. The van der Waals surface area contributed by atoms with E-state index in [0.29, 0.717) is 40.9 Å². The molecule has 3 aromatic rings. The maximum atomic E-state index is 12.6. The summed E-state index contributed by atoms with van der Waals surface area (Å²) in [7, 11) is 3.82. The van der Waals surface area contributed by atoms with Crippen molar-refractivity contribution in [2.75, 3.05) is 32.9 Å². The molecule has 1 aliphatic rings. The fourth-order valence-electron chi connectivity index (χ4n) is 3.19. The summed E-state index contributed by atoms with van der Waals surface area (Å²) in [6.45, 7) is 1.00. The van der Waals surface area contributed by atoms with Gasteiger partial charge in [0.15, 0.2) is 0 Å². The minimum atomic E-state index is -0.442. The number of rotatable bonds is 4. The summed E-state index contributed by atoms with van der Waals surface area (Å²) in [6, 6.07) is 12.2. The van der Waals surface area contributed by atoms with Gasteiger partial charge in [-0.1, -0.05) is 12.1 Å². The van der Waals surface area contributed by atoms with E-state index in [9.17, 15) is 14.4 Å². The monoisotopic (exact) mass is 405 g/mol. The Kier molecular flexibility index (Phi) is 6.08. The highest BCUT2D eigenvalue weighted by molar-refractivity contribution is 6.25. The van der Waals surface area contributed by atoms with Crippen LogP contribution in [0.4, 0.5) is 5.69 Å². The zero-order valence-electron chi connectivity index (χ0n) is 16.8. The van der Waals surface area contributed by atoms with E-state index in [4.69, 9.17) is 11.5 Å². The Hall–Kier alpha value is -3.78. The largest absolute Gasteiger partial charge is 0.399 e. The van der Waals surface area contributed by atoms with E-state index in [1.807, 2.05) is 31.1 Å². The lowest BCUT2D eigenvalue weighted by Crippen LogP contribution is -2.43. The Balaban J connectivity index is 0.000000239. The van der Waals surface area contributed by atoms with Gasteiger partial charge >= 0.3 is 0 Å². The summed E-state index contributed by atoms with van der Waals surface area (Å²) < 4.78 is 0. The highest BCUT2D eigenvalue weighted by Gasteiger charge is 2.32. The molecule has 0 aliphatic carbocycles. The number of aromatic nitrogens is 1.